The van der Waals surface area contributed by atoms with Crippen LogP contribution >= 0.6 is 15.9 Å². The first-order chi connectivity index (χ1) is 16.1. The summed E-state index contributed by atoms with van der Waals surface area (Å²) in [5, 5.41) is 7.14. The quantitative estimate of drug-likeness (QED) is 0.428. The van der Waals surface area contributed by atoms with E-state index in [1.807, 2.05) is 51.1 Å². The predicted molar refractivity (Wildman–Crippen MR) is 137 cm³/mol. The number of amides is 1. The molecule has 0 radical (unpaired) electrons. The second-order valence-electron chi connectivity index (χ2n) is 9.37. The average Bonchev–Trinajstić information content (AvgIpc) is 3.21. The maximum atomic E-state index is 12.2. The number of carbonyl (C=O) groups excluding carboxylic acids is 2. The SMILES string of the molecule is CC(=O)c1cnc2ccc(Br)cc2c1Nc1ccc(N2CCC(NC(=O)OC(C)(C)C)C2)nc1. The highest BCUT2D eigenvalue weighted by atomic mass is 79.9. The Hall–Kier alpha value is -3.20. The molecule has 178 valence electrons. The molecular weight excluding hydrogens is 498 g/mol. The molecule has 2 N–H and O–H groups in total. The van der Waals surface area contributed by atoms with Gasteiger partial charge in [-0.3, -0.25) is 9.78 Å². The van der Waals surface area contributed by atoms with Crippen molar-refractivity contribution in [3.05, 3.63) is 52.8 Å². The lowest BCUT2D eigenvalue weighted by molar-refractivity contribution is 0.0509. The average molecular weight is 526 g/mol. The summed E-state index contributed by atoms with van der Waals surface area (Å²) >= 11 is 3.50. The van der Waals surface area contributed by atoms with E-state index in [-0.39, 0.29) is 11.8 Å². The summed E-state index contributed by atoms with van der Waals surface area (Å²) < 4.78 is 6.26. The zero-order valence-corrected chi connectivity index (χ0v) is 21.3. The van der Waals surface area contributed by atoms with Gasteiger partial charge in [-0.1, -0.05) is 15.9 Å². The molecule has 1 fully saturated rings. The van der Waals surface area contributed by atoms with Gasteiger partial charge in [0, 0.05) is 29.1 Å². The number of halogens is 1. The minimum atomic E-state index is -0.523. The first-order valence-electron chi connectivity index (χ1n) is 11.2. The number of aromatic nitrogens is 2. The lowest BCUT2D eigenvalue weighted by Gasteiger charge is -2.22. The number of ketones is 1. The summed E-state index contributed by atoms with van der Waals surface area (Å²) in [6.07, 6.45) is 3.77. The molecule has 2 aromatic heterocycles. The van der Waals surface area contributed by atoms with Gasteiger partial charge in [-0.2, -0.15) is 0 Å². The lowest BCUT2D eigenvalue weighted by atomic mass is 10.1. The summed E-state index contributed by atoms with van der Waals surface area (Å²) in [4.78, 5) is 35.5. The standard InChI is InChI=1S/C25H28BrN5O3/c1-15(32)20-13-27-21-7-5-16(26)11-19(21)23(20)29-17-6-8-22(28-12-17)31-10-9-18(14-31)30-24(33)34-25(2,3)4/h5-8,11-13,18H,9-10,14H2,1-4H3,(H,27,29)(H,30,33). The molecule has 3 heterocycles. The van der Waals surface area contributed by atoms with E-state index in [0.29, 0.717) is 17.8 Å². The number of nitrogens with zero attached hydrogens (tertiary/aromatic N) is 3. The molecule has 1 aromatic carbocycles. The van der Waals surface area contributed by atoms with Crippen molar-refractivity contribution in [1.82, 2.24) is 15.3 Å². The molecule has 1 atom stereocenters. The van der Waals surface area contributed by atoms with Gasteiger partial charge in [-0.05, 0) is 64.4 Å². The Morgan fingerprint density at radius 3 is 2.62 bits per heavy atom. The van der Waals surface area contributed by atoms with Gasteiger partial charge in [0.15, 0.2) is 5.78 Å². The third kappa shape index (κ3) is 5.64. The summed E-state index contributed by atoms with van der Waals surface area (Å²) in [7, 11) is 0. The number of anilines is 3. The van der Waals surface area contributed by atoms with E-state index in [9.17, 15) is 9.59 Å². The Labute approximate surface area is 207 Å². The van der Waals surface area contributed by atoms with Gasteiger partial charge in [0.25, 0.3) is 0 Å². The van der Waals surface area contributed by atoms with Crippen molar-refractivity contribution in [3.63, 3.8) is 0 Å². The van der Waals surface area contributed by atoms with Gasteiger partial charge < -0.3 is 20.3 Å². The molecule has 34 heavy (non-hydrogen) atoms. The fourth-order valence-corrected chi connectivity index (χ4v) is 4.28. The number of Topliss-reactive ketones (excluding diaryl/α,β-unsaturated/α-hetero) is 1. The second-order valence-corrected chi connectivity index (χ2v) is 10.3. The van der Waals surface area contributed by atoms with E-state index in [1.165, 1.54) is 6.92 Å². The largest absolute Gasteiger partial charge is 0.444 e. The van der Waals surface area contributed by atoms with Gasteiger partial charge in [-0.15, -0.1) is 0 Å². The van der Waals surface area contributed by atoms with Crippen LogP contribution in [0.1, 0.15) is 44.5 Å². The fraction of sp³-hybridized carbons (Fsp3) is 0.360. The van der Waals surface area contributed by atoms with Crippen LogP contribution in [0.4, 0.5) is 22.0 Å². The van der Waals surface area contributed by atoms with Crippen LogP contribution in [0, 0.1) is 0 Å². The number of nitrogens with one attached hydrogen (secondary N) is 2. The topological polar surface area (TPSA) is 96.5 Å². The van der Waals surface area contributed by atoms with Crippen LogP contribution in [-0.2, 0) is 4.74 Å². The van der Waals surface area contributed by atoms with Crippen molar-refractivity contribution in [1.29, 1.82) is 0 Å². The zero-order valence-electron chi connectivity index (χ0n) is 19.7. The molecule has 1 aliphatic heterocycles. The molecule has 0 aliphatic carbocycles. The lowest BCUT2D eigenvalue weighted by Crippen LogP contribution is -2.40. The first kappa shape index (κ1) is 23.9. The number of benzene rings is 1. The van der Waals surface area contributed by atoms with Crippen molar-refractivity contribution >= 4 is 55.9 Å². The van der Waals surface area contributed by atoms with Gasteiger partial charge in [0.2, 0.25) is 0 Å². The number of ether oxygens (including phenoxy) is 1. The maximum absolute atomic E-state index is 12.2. The van der Waals surface area contributed by atoms with Crippen LogP contribution in [0.15, 0.2) is 47.2 Å². The van der Waals surface area contributed by atoms with Crippen LogP contribution in [0.2, 0.25) is 0 Å². The Bertz CT molecular complexity index is 1220. The molecule has 8 nitrogen and oxygen atoms in total. The number of rotatable bonds is 5. The molecule has 0 saturated carbocycles. The zero-order chi connectivity index (χ0) is 24.5. The van der Waals surface area contributed by atoms with Crippen molar-refractivity contribution < 1.29 is 14.3 Å². The molecule has 3 aromatic rings. The Morgan fingerprint density at radius 2 is 1.94 bits per heavy atom. The fourth-order valence-electron chi connectivity index (χ4n) is 3.92. The predicted octanol–water partition coefficient (Wildman–Crippen LogP) is 5.44. The van der Waals surface area contributed by atoms with Crippen molar-refractivity contribution in [2.75, 3.05) is 23.3 Å². The Kier molecular flexibility index (Phi) is 6.74. The second kappa shape index (κ2) is 9.58. The summed E-state index contributed by atoms with van der Waals surface area (Å²) in [6.45, 7) is 8.52. The molecule has 1 saturated heterocycles. The van der Waals surface area contributed by atoms with E-state index in [0.717, 1.165) is 39.8 Å². The van der Waals surface area contributed by atoms with Crippen LogP contribution in [-0.4, -0.2) is 46.6 Å². The van der Waals surface area contributed by atoms with Crippen molar-refractivity contribution in [2.24, 2.45) is 0 Å². The maximum Gasteiger partial charge on any atom is 0.407 e. The number of hydrogen-bond donors (Lipinski definition) is 2. The van der Waals surface area contributed by atoms with Gasteiger partial charge in [0.05, 0.1) is 34.7 Å². The molecule has 1 aliphatic rings. The Balaban J connectivity index is 1.48. The van der Waals surface area contributed by atoms with Crippen LogP contribution in [0.5, 0.6) is 0 Å². The van der Waals surface area contributed by atoms with E-state index in [1.54, 1.807) is 12.4 Å². The minimum absolute atomic E-state index is 0.00852. The molecule has 4 rings (SSSR count). The molecular formula is C25H28BrN5O3. The first-order valence-corrected chi connectivity index (χ1v) is 11.9. The number of alkyl carbamates (subject to hydrolysis) is 1. The summed E-state index contributed by atoms with van der Waals surface area (Å²) in [5.41, 5.74) is 2.26. The third-order valence-corrected chi connectivity index (χ3v) is 5.95. The number of pyridine rings is 2. The molecule has 1 amide bonds. The van der Waals surface area contributed by atoms with E-state index in [4.69, 9.17) is 4.74 Å². The van der Waals surface area contributed by atoms with Gasteiger partial charge in [0.1, 0.15) is 11.4 Å². The summed E-state index contributed by atoms with van der Waals surface area (Å²) in [6, 6.07) is 9.65. The number of fused-ring (bicyclic) bond motifs is 1. The monoisotopic (exact) mass is 525 g/mol. The summed E-state index contributed by atoms with van der Waals surface area (Å²) in [5.74, 6) is 0.759. The van der Waals surface area contributed by atoms with Crippen molar-refractivity contribution in [2.45, 2.75) is 45.8 Å². The van der Waals surface area contributed by atoms with E-state index < -0.39 is 11.7 Å². The van der Waals surface area contributed by atoms with Crippen molar-refractivity contribution in [3.8, 4) is 0 Å². The van der Waals surface area contributed by atoms with Crippen LogP contribution in [0.3, 0.4) is 0 Å². The third-order valence-electron chi connectivity index (χ3n) is 5.46. The molecule has 0 bridgehead atoms. The van der Waals surface area contributed by atoms with Crippen LogP contribution in [0.25, 0.3) is 10.9 Å². The molecule has 0 spiro atoms. The minimum Gasteiger partial charge on any atom is -0.444 e. The number of hydrogen-bond acceptors (Lipinski definition) is 7. The highest BCUT2D eigenvalue weighted by Gasteiger charge is 2.27. The van der Waals surface area contributed by atoms with E-state index in [2.05, 4.69) is 41.4 Å². The highest BCUT2D eigenvalue weighted by Crippen LogP contribution is 2.32. The van der Waals surface area contributed by atoms with Gasteiger partial charge in [-0.25, -0.2) is 9.78 Å². The molecule has 9 heteroatoms. The van der Waals surface area contributed by atoms with Crippen LogP contribution < -0.4 is 15.5 Å². The number of carbonyl (C=O) groups is 2. The molecule has 1 unspecified atom stereocenters. The van der Waals surface area contributed by atoms with Gasteiger partial charge >= 0.3 is 6.09 Å². The van der Waals surface area contributed by atoms with E-state index >= 15 is 0 Å². The smallest absolute Gasteiger partial charge is 0.407 e. The Morgan fingerprint density at radius 1 is 1.15 bits per heavy atom. The highest BCUT2D eigenvalue weighted by molar-refractivity contribution is 9.10. The normalized spacial score (nSPS) is 15.9.